The zero-order valence-electron chi connectivity index (χ0n) is 14.3. The minimum atomic E-state index is 0.174. The summed E-state index contributed by atoms with van der Waals surface area (Å²) in [6, 6.07) is 6.60. The number of para-hydroxylation sites is 1. The van der Waals surface area contributed by atoms with Gasteiger partial charge in [0.25, 0.3) is 0 Å². The van der Waals surface area contributed by atoms with E-state index in [9.17, 15) is 0 Å². The van der Waals surface area contributed by atoms with Gasteiger partial charge in [0.15, 0.2) is 0 Å². The lowest BCUT2D eigenvalue weighted by atomic mass is 9.89. The van der Waals surface area contributed by atoms with E-state index in [-0.39, 0.29) is 5.41 Å². The summed E-state index contributed by atoms with van der Waals surface area (Å²) in [7, 11) is 0. The first-order valence-electron chi connectivity index (χ1n) is 7.96. The second kappa shape index (κ2) is 7.06. The number of nitrogens with zero attached hydrogens (tertiary/aromatic N) is 1. The van der Waals surface area contributed by atoms with Crippen molar-refractivity contribution in [1.82, 2.24) is 0 Å². The highest BCUT2D eigenvalue weighted by atomic mass is 14.7. The summed E-state index contributed by atoms with van der Waals surface area (Å²) in [6.07, 6.45) is 4.53. The molecule has 0 aliphatic carbocycles. The molecule has 1 aromatic carbocycles. The summed E-state index contributed by atoms with van der Waals surface area (Å²) in [5.74, 6) is 1.02. The van der Waals surface area contributed by atoms with Gasteiger partial charge in [0, 0.05) is 11.6 Å². The van der Waals surface area contributed by atoms with Gasteiger partial charge >= 0.3 is 0 Å². The fraction of sp³-hybridized carbons (Fsp3) is 0.632. The Labute approximate surface area is 125 Å². The number of benzene rings is 1. The van der Waals surface area contributed by atoms with Crippen molar-refractivity contribution in [3.63, 3.8) is 0 Å². The van der Waals surface area contributed by atoms with Crippen LogP contribution < -0.4 is 0 Å². The van der Waals surface area contributed by atoms with Gasteiger partial charge in [-0.3, -0.25) is 4.99 Å². The van der Waals surface area contributed by atoms with E-state index in [1.54, 1.807) is 0 Å². The van der Waals surface area contributed by atoms with Crippen molar-refractivity contribution in [3.8, 4) is 0 Å². The Morgan fingerprint density at radius 3 is 1.95 bits per heavy atom. The Bertz CT molecular complexity index is 427. The predicted octanol–water partition coefficient (Wildman–Crippen LogP) is 6.46. The summed E-state index contributed by atoms with van der Waals surface area (Å²) < 4.78 is 0. The molecule has 1 rings (SSSR count). The molecule has 0 aliphatic rings. The zero-order chi connectivity index (χ0) is 15.3. The Morgan fingerprint density at radius 2 is 1.55 bits per heavy atom. The van der Waals surface area contributed by atoms with Crippen molar-refractivity contribution in [2.24, 2.45) is 10.4 Å². The molecule has 0 aliphatic heterocycles. The van der Waals surface area contributed by atoms with Gasteiger partial charge in [0.1, 0.15) is 0 Å². The summed E-state index contributed by atoms with van der Waals surface area (Å²) in [6.45, 7) is 15.8. The van der Waals surface area contributed by atoms with Crippen LogP contribution in [0.1, 0.15) is 84.3 Å². The quantitative estimate of drug-likeness (QED) is 0.527. The summed E-state index contributed by atoms with van der Waals surface area (Å²) >= 11 is 0. The molecule has 112 valence electrons. The highest BCUT2D eigenvalue weighted by molar-refractivity contribution is 5.72. The third-order valence-electron chi connectivity index (χ3n) is 3.78. The van der Waals surface area contributed by atoms with Crippen LogP contribution in [0.15, 0.2) is 23.2 Å². The number of aliphatic imine (C=N–C) groups is 1. The topological polar surface area (TPSA) is 12.4 Å². The van der Waals surface area contributed by atoms with Crippen LogP contribution >= 0.6 is 0 Å². The van der Waals surface area contributed by atoms with E-state index >= 15 is 0 Å². The first-order chi connectivity index (χ1) is 9.28. The Kier molecular flexibility index (Phi) is 5.98. The fourth-order valence-corrected chi connectivity index (χ4v) is 2.61. The van der Waals surface area contributed by atoms with E-state index in [1.807, 2.05) is 0 Å². The standard InChI is InChI=1S/C19H31N/c1-8-12-19(6,7)13-20-18-16(14(2)3)10-9-11-17(18)15(4)5/h9-11,13-15H,8,12H2,1-7H3. The summed E-state index contributed by atoms with van der Waals surface area (Å²) in [5, 5.41) is 0. The van der Waals surface area contributed by atoms with Crippen LogP contribution in [0.5, 0.6) is 0 Å². The van der Waals surface area contributed by atoms with Crippen LogP contribution in [-0.4, -0.2) is 6.21 Å². The van der Waals surface area contributed by atoms with Crippen molar-refractivity contribution in [1.29, 1.82) is 0 Å². The van der Waals surface area contributed by atoms with Gasteiger partial charge in [0.2, 0.25) is 0 Å². The molecule has 0 amide bonds. The molecule has 20 heavy (non-hydrogen) atoms. The van der Waals surface area contributed by atoms with Gasteiger partial charge in [-0.05, 0) is 29.4 Å². The summed E-state index contributed by atoms with van der Waals surface area (Å²) in [4.78, 5) is 4.91. The molecule has 1 heteroatoms. The van der Waals surface area contributed by atoms with Crippen molar-refractivity contribution in [2.45, 2.75) is 73.1 Å². The van der Waals surface area contributed by atoms with Gasteiger partial charge in [0.05, 0.1) is 5.69 Å². The van der Waals surface area contributed by atoms with E-state index < -0.39 is 0 Å². The van der Waals surface area contributed by atoms with E-state index in [0.29, 0.717) is 11.8 Å². The number of rotatable bonds is 6. The van der Waals surface area contributed by atoms with Crippen LogP contribution in [0.25, 0.3) is 0 Å². The highest BCUT2D eigenvalue weighted by Gasteiger charge is 2.16. The van der Waals surface area contributed by atoms with Crippen molar-refractivity contribution in [2.75, 3.05) is 0 Å². The van der Waals surface area contributed by atoms with Crippen LogP contribution in [0.3, 0.4) is 0 Å². The third kappa shape index (κ3) is 4.47. The molecule has 0 atom stereocenters. The van der Waals surface area contributed by atoms with Crippen molar-refractivity contribution in [3.05, 3.63) is 29.3 Å². The number of hydrogen-bond donors (Lipinski definition) is 0. The molecule has 0 radical (unpaired) electrons. The van der Waals surface area contributed by atoms with Crippen LogP contribution in [-0.2, 0) is 0 Å². The molecular formula is C19H31N. The van der Waals surface area contributed by atoms with Crippen LogP contribution in [0.2, 0.25) is 0 Å². The first-order valence-corrected chi connectivity index (χ1v) is 7.96. The van der Waals surface area contributed by atoms with Gasteiger partial charge in [-0.2, -0.15) is 0 Å². The molecule has 0 aromatic heterocycles. The average molecular weight is 273 g/mol. The molecule has 0 unspecified atom stereocenters. The SMILES string of the molecule is CCCC(C)(C)C=Nc1c(C(C)C)cccc1C(C)C. The molecule has 1 nitrogen and oxygen atoms in total. The second-order valence-electron chi connectivity index (χ2n) is 7.09. The maximum atomic E-state index is 4.91. The van der Waals surface area contributed by atoms with E-state index in [4.69, 9.17) is 4.99 Å². The average Bonchev–Trinajstić information content (AvgIpc) is 2.35. The maximum Gasteiger partial charge on any atom is 0.0695 e. The third-order valence-corrected chi connectivity index (χ3v) is 3.78. The smallest absolute Gasteiger partial charge is 0.0695 e. The molecule has 0 N–H and O–H groups in total. The highest BCUT2D eigenvalue weighted by Crippen LogP contribution is 2.35. The van der Waals surface area contributed by atoms with Crippen LogP contribution in [0.4, 0.5) is 5.69 Å². The van der Waals surface area contributed by atoms with Gasteiger partial charge < -0.3 is 0 Å². The predicted molar refractivity (Wildman–Crippen MR) is 91.5 cm³/mol. The second-order valence-corrected chi connectivity index (χ2v) is 7.09. The Balaban J connectivity index is 3.24. The minimum Gasteiger partial charge on any atom is -0.260 e. The molecule has 0 heterocycles. The van der Waals surface area contributed by atoms with E-state index in [1.165, 1.54) is 29.7 Å². The lowest BCUT2D eigenvalue weighted by Gasteiger charge is -2.20. The van der Waals surface area contributed by atoms with E-state index in [2.05, 4.69) is 72.9 Å². The lowest BCUT2D eigenvalue weighted by Crippen LogP contribution is -2.12. The maximum absolute atomic E-state index is 4.91. The Morgan fingerprint density at radius 1 is 1.05 bits per heavy atom. The molecule has 0 fully saturated rings. The molecular weight excluding hydrogens is 242 g/mol. The zero-order valence-corrected chi connectivity index (χ0v) is 14.3. The molecule has 0 saturated carbocycles. The number of hydrogen-bond acceptors (Lipinski definition) is 1. The van der Waals surface area contributed by atoms with Crippen molar-refractivity contribution < 1.29 is 0 Å². The normalized spacial score (nSPS) is 12.8. The molecule has 0 saturated heterocycles. The van der Waals surface area contributed by atoms with Gasteiger partial charge in [-0.25, -0.2) is 0 Å². The van der Waals surface area contributed by atoms with Gasteiger partial charge in [-0.1, -0.05) is 73.1 Å². The van der Waals surface area contributed by atoms with E-state index in [0.717, 1.165) is 0 Å². The Hall–Kier alpha value is -1.11. The largest absolute Gasteiger partial charge is 0.260 e. The van der Waals surface area contributed by atoms with Crippen molar-refractivity contribution >= 4 is 11.9 Å². The molecule has 1 aromatic rings. The molecule has 0 spiro atoms. The van der Waals surface area contributed by atoms with Gasteiger partial charge in [-0.15, -0.1) is 0 Å². The lowest BCUT2D eigenvalue weighted by molar-refractivity contribution is 0.480. The molecule has 0 bridgehead atoms. The minimum absolute atomic E-state index is 0.174. The monoisotopic (exact) mass is 273 g/mol. The first kappa shape index (κ1) is 16.9. The fourth-order valence-electron chi connectivity index (χ4n) is 2.61. The van der Waals surface area contributed by atoms with Crippen LogP contribution in [0, 0.1) is 5.41 Å². The summed E-state index contributed by atoms with van der Waals surface area (Å²) in [5.41, 5.74) is 4.09.